The molecule has 82 valence electrons. The van der Waals surface area contributed by atoms with Gasteiger partial charge in [0.05, 0.1) is 11.7 Å². The molecule has 2 rings (SSSR count). The first-order valence-electron chi connectivity index (χ1n) is 4.92. The number of benzene rings is 1. The molecule has 1 aromatic heterocycles. The van der Waals surface area contributed by atoms with Crippen molar-refractivity contribution in [2.45, 2.75) is 6.04 Å². The quantitative estimate of drug-likeness (QED) is 0.522. The zero-order chi connectivity index (χ0) is 11.5. The summed E-state index contributed by atoms with van der Waals surface area (Å²) in [7, 11) is 0. The summed E-state index contributed by atoms with van der Waals surface area (Å²) in [5.41, 5.74) is 13.6. The molecule has 4 heteroatoms. The highest BCUT2D eigenvalue weighted by atomic mass is 16.3. The molecule has 0 amide bonds. The third-order valence-electron chi connectivity index (χ3n) is 2.46. The lowest BCUT2D eigenvalue weighted by Gasteiger charge is -2.12. The summed E-state index contributed by atoms with van der Waals surface area (Å²) in [6.07, 6.45) is 3.40. The maximum Gasteiger partial charge on any atom is 0.138 e. The van der Waals surface area contributed by atoms with Crippen molar-refractivity contribution in [2.24, 2.45) is 5.73 Å². The van der Waals surface area contributed by atoms with Crippen molar-refractivity contribution in [3.8, 4) is 5.75 Å². The Bertz CT molecular complexity index is 485. The van der Waals surface area contributed by atoms with Gasteiger partial charge in [0.2, 0.25) is 0 Å². The van der Waals surface area contributed by atoms with Crippen LogP contribution in [0.15, 0.2) is 42.7 Å². The monoisotopic (exact) mass is 215 g/mol. The number of anilines is 1. The van der Waals surface area contributed by atoms with E-state index < -0.39 is 0 Å². The van der Waals surface area contributed by atoms with E-state index in [1.165, 1.54) is 0 Å². The van der Waals surface area contributed by atoms with Gasteiger partial charge in [0.1, 0.15) is 5.75 Å². The topological polar surface area (TPSA) is 85.2 Å². The fourth-order valence-electron chi connectivity index (χ4n) is 1.51. The molecule has 0 aliphatic rings. The molecular weight excluding hydrogens is 202 g/mol. The Morgan fingerprint density at radius 1 is 1.19 bits per heavy atom. The predicted molar refractivity (Wildman–Crippen MR) is 62.8 cm³/mol. The average molecular weight is 215 g/mol. The van der Waals surface area contributed by atoms with Crippen LogP contribution in [0.3, 0.4) is 0 Å². The number of pyridine rings is 1. The Kier molecular flexibility index (Phi) is 2.74. The van der Waals surface area contributed by atoms with Crippen LogP contribution >= 0.6 is 0 Å². The van der Waals surface area contributed by atoms with Gasteiger partial charge in [-0.05, 0) is 29.3 Å². The number of phenolic OH excluding ortho intramolecular Hbond substituents is 1. The molecule has 0 aliphatic heterocycles. The number of nitrogens with two attached hydrogens (primary N) is 2. The van der Waals surface area contributed by atoms with Crippen molar-refractivity contribution < 1.29 is 5.11 Å². The van der Waals surface area contributed by atoms with E-state index >= 15 is 0 Å². The molecule has 5 N–H and O–H groups in total. The largest absolute Gasteiger partial charge is 0.506 e. The number of nitrogen functional groups attached to an aromatic ring is 1. The predicted octanol–water partition coefficient (Wildman–Crippen LogP) is 1.42. The molecule has 0 aliphatic carbocycles. The molecule has 4 nitrogen and oxygen atoms in total. The van der Waals surface area contributed by atoms with Crippen LogP contribution in [0.4, 0.5) is 5.69 Å². The van der Waals surface area contributed by atoms with Gasteiger partial charge in [-0.2, -0.15) is 0 Å². The molecule has 0 saturated heterocycles. The van der Waals surface area contributed by atoms with Crippen LogP contribution in [-0.2, 0) is 0 Å². The van der Waals surface area contributed by atoms with Gasteiger partial charge in [0, 0.05) is 12.4 Å². The summed E-state index contributed by atoms with van der Waals surface area (Å²) in [4.78, 5) is 4.00. The third-order valence-corrected chi connectivity index (χ3v) is 2.46. The van der Waals surface area contributed by atoms with E-state index in [-0.39, 0.29) is 11.8 Å². The van der Waals surface area contributed by atoms with E-state index in [1.807, 2.05) is 12.1 Å². The van der Waals surface area contributed by atoms with Gasteiger partial charge in [-0.25, -0.2) is 0 Å². The van der Waals surface area contributed by atoms with E-state index in [9.17, 15) is 5.11 Å². The second kappa shape index (κ2) is 4.20. The van der Waals surface area contributed by atoms with Crippen LogP contribution in [0, 0.1) is 0 Å². The van der Waals surface area contributed by atoms with Crippen LogP contribution in [0.5, 0.6) is 5.75 Å². The first-order valence-corrected chi connectivity index (χ1v) is 4.92. The van der Waals surface area contributed by atoms with Crippen molar-refractivity contribution in [1.82, 2.24) is 4.98 Å². The Hall–Kier alpha value is -2.07. The van der Waals surface area contributed by atoms with Crippen molar-refractivity contribution in [3.63, 3.8) is 0 Å². The number of hydrogen-bond donors (Lipinski definition) is 3. The molecule has 16 heavy (non-hydrogen) atoms. The molecule has 1 aromatic carbocycles. The average Bonchev–Trinajstić information content (AvgIpc) is 2.33. The van der Waals surface area contributed by atoms with Gasteiger partial charge in [-0.15, -0.1) is 0 Å². The Labute approximate surface area is 93.5 Å². The van der Waals surface area contributed by atoms with Gasteiger partial charge in [-0.3, -0.25) is 4.98 Å². The summed E-state index contributed by atoms with van der Waals surface area (Å²) >= 11 is 0. The molecule has 2 aromatic rings. The molecule has 1 atom stereocenters. The van der Waals surface area contributed by atoms with Crippen LogP contribution < -0.4 is 11.5 Å². The normalized spacial score (nSPS) is 12.3. The molecule has 1 heterocycles. The maximum atomic E-state index is 9.50. The Balaban J connectivity index is 2.34. The molecule has 1 unspecified atom stereocenters. The first-order chi connectivity index (χ1) is 7.68. The molecule has 0 bridgehead atoms. The third kappa shape index (κ3) is 1.97. The summed E-state index contributed by atoms with van der Waals surface area (Å²) in [5, 5.41) is 9.50. The van der Waals surface area contributed by atoms with Gasteiger partial charge >= 0.3 is 0 Å². The van der Waals surface area contributed by atoms with Crippen molar-refractivity contribution in [1.29, 1.82) is 0 Å². The van der Waals surface area contributed by atoms with Gasteiger partial charge in [0.25, 0.3) is 0 Å². The van der Waals surface area contributed by atoms with E-state index in [0.29, 0.717) is 5.69 Å². The number of aromatic nitrogens is 1. The fraction of sp³-hybridized carbons (Fsp3) is 0.0833. The fourth-order valence-corrected chi connectivity index (χ4v) is 1.51. The van der Waals surface area contributed by atoms with Gasteiger partial charge < -0.3 is 16.6 Å². The highest BCUT2D eigenvalue weighted by Crippen LogP contribution is 2.26. The second-order valence-corrected chi connectivity index (χ2v) is 3.58. The SMILES string of the molecule is Nc1ccc(C(N)c2cccnc2)cc1O. The Morgan fingerprint density at radius 3 is 2.62 bits per heavy atom. The van der Waals surface area contributed by atoms with E-state index in [1.54, 1.807) is 30.6 Å². The Morgan fingerprint density at radius 2 is 2.00 bits per heavy atom. The van der Waals surface area contributed by atoms with E-state index in [4.69, 9.17) is 11.5 Å². The standard InChI is InChI=1S/C12H13N3O/c13-10-4-3-8(6-11(10)16)12(14)9-2-1-5-15-7-9/h1-7,12,16H,13-14H2. The van der Waals surface area contributed by atoms with Crippen molar-refractivity contribution in [2.75, 3.05) is 5.73 Å². The molecule has 0 radical (unpaired) electrons. The van der Waals surface area contributed by atoms with E-state index in [0.717, 1.165) is 11.1 Å². The summed E-state index contributed by atoms with van der Waals surface area (Å²) < 4.78 is 0. The van der Waals surface area contributed by atoms with Crippen LogP contribution in [0.1, 0.15) is 17.2 Å². The van der Waals surface area contributed by atoms with Gasteiger partial charge in [-0.1, -0.05) is 12.1 Å². The maximum absolute atomic E-state index is 9.50. The lowest BCUT2D eigenvalue weighted by molar-refractivity contribution is 0.477. The minimum atomic E-state index is -0.305. The highest BCUT2D eigenvalue weighted by molar-refractivity contribution is 5.54. The lowest BCUT2D eigenvalue weighted by Crippen LogP contribution is -2.11. The summed E-state index contributed by atoms with van der Waals surface area (Å²) in [6, 6.07) is 8.43. The zero-order valence-corrected chi connectivity index (χ0v) is 8.67. The smallest absolute Gasteiger partial charge is 0.138 e. The molecular formula is C12H13N3O. The number of hydrogen-bond acceptors (Lipinski definition) is 4. The van der Waals surface area contributed by atoms with Crippen molar-refractivity contribution in [3.05, 3.63) is 53.9 Å². The highest BCUT2D eigenvalue weighted by Gasteiger charge is 2.10. The lowest BCUT2D eigenvalue weighted by atomic mass is 10.0. The molecule has 0 fully saturated rings. The van der Waals surface area contributed by atoms with E-state index in [2.05, 4.69) is 4.98 Å². The second-order valence-electron chi connectivity index (χ2n) is 3.58. The summed E-state index contributed by atoms with van der Waals surface area (Å²) in [5.74, 6) is 0.0526. The summed E-state index contributed by atoms with van der Waals surface area (Å²) in [6.45, 7) is 0. The number of aromatic hydroxyl groups is 1. The van der Waals surface area contributed by atoms with Gasteiger partial charge in [0.15, 0.2) is 0 Å². The molecule has 0 spiro atoms. The minimum Gasteiger partial charge on any atom is -0.506 e. The minimum absolute atomic E-state index is 0.0526. The number of nitrogens with zero attached hydrogens (tertiary/aromatic N) is 1. The first kappa shape index (κ1) is 10.4. The zero-order valence-electron chi connectivity index (χ0n) is 8.67. The molecule has 0 saturated carbocycles. The van der Waals surface area contributed by atoms with Crippen LogP contribution in [-0.4, -0.2) is 10.1 Å². The van der Waals surface area contributed by atoms with Crippen LogP contribution in [0.2, 0.25) is 0 Å². The number of rotatable bonds is 2. The number of phenols is 1. The van der Waals surface area contributed by atoms with Crippen molar-refractivity contribution >= 4 is 5.69 Å². The van der Waals surface area contributed by atoms with Crippen LogP contribution in [0.25, 0.3) is 0 Å².